The maximum absolute atomic E-state index is 2.48. The number of rotatable bonds is 4. The summed E-state index contributed by atoms with van der Waals surface area (Å²) in [4.78, 5) is 12.3. The van der Waals surface area contributed by atoms with E-state index < -0.39 is 0 Å². The third-order valence-corrected chi connectivity index (χ3v) is 4.63. The van der Waals surface area contributed by atoms with Gasteiger partial charge in [-0.1, -0.05) is 13.8 Å². The van der Waals surface area contributed by atoms with E-state index in [1.165, 1.54) is 0 Å². The van der Waals surface area contributed by atoms with E-state index in [0.717, 1.165) is 39.3 Å². The van der Waals surface area contributed by atoms with Crippen LogP contribution in [0.2, 0.25) is 0 Å². The zero-order valence-corrected chi connectivity index (χ0v) is 14.0. The Kier molecular flexibility index (Phi) is 6.20. The zero-order valence-electron chi connectivity index (χ0n) is 14.0. The van der Waals surface area contributed by atoms with Crippen molar-refractivity contribution in [2.45, 2.75) is 19.8 Å². The molecular formula is C14H33N5. The van der Waals surface area contributed by atoms with Gasteiger partial charge in [0.2, 0.25) is 0 Å². The monoisotopic (exact) mass is 271 g/mol. The SMILES string of the molecule is CCN(C)C1(N(C)CC)N(C)CCN(C)CCN1C. The molecule has 0 radical (unpaired) electrons. The molecule has 0 N–H and O–H groups in total. The molecule has 19 heavy (non-hydrogen) atoms. The third kappa shape index (κ3) is 3.11. The Bertz CT molecular complexity index is 245. The number of hydrogen-bond acceptors (Lipinski definition) is 5. The summed E-state index contributed by atoms with van der Waals surface area (Å²) in [6.45, 7) is 11.0. The molecule has 0 aromatic carbocycles. The standard InChI is InChI=1S/C14H33N5/c1-8-16(4)14(17(5)9-2)18(6)12-10-15(3)11-13-19(14)7/h8-13H2,1-7H3. The second-order valence-electron chi connectivity index (χ2n) is 5.77. The molecule has 1 aliphatic heterocycles. The van der Waals surface area contributed by atoms with Crippen molar-refractivity contribution < 1.29 is 0 Å². The minimum Gasteiger partial charge on any atom is -0.304 e. The average Bonchev–Trinajstić information content (AvgIpc) is 2.41. The topological polar surface area (TPSA) is 16.2 Å². The molecule has 1 aliphatic rings. The van der Waals surface area contributed by atoms with Crippen LogP contribution in [0.5, 0.6) is 0 Å². The van der Waals surface area contributed by atoms with Crippen molar-refractivity contribution in [3.63, 3.8) is 0 Å². The Morgan fingerprint density at radius 2 is 1.16 bits per heavy atom. The minimum atomic E-state index is -0.120. The predicted octanol–water partition coefficient (Wildman–Crippen LogP) is 0.310. The van der Waals surface area contributed by atoms with Gasteiger partial charge in [0, 0.05) is 26.2 Å². The van der Waals surface area contributed by atoms with Gasteiger partial charge >= 0.3 is 0 Å². The van der Waals surface area contributed by atoms with Crippen LogP contribution in [-0.2, 0) is 0 Å². The minimum absolute atomic E-state index is 0.120. The summed E-state index contributed by atoms with van der Waals surface area (Å²) < 4.78 is 0. The van der Waals surface area contributed by atoms with Crippen LogP contribution < -0.4 is 0 Å². The average molecular weight is 271 g/mol. The number of likely N-dealkylation sites (N-methyl/N-ethyl adjacent to an activating group) is 3. The summed E-state index contributed by atoms with van der Waals surface area (Å²) >= 11 is 0. The molecule has 0 aliphatic carbocycles. The Hall–Kier alpha value is -0.200. The molecule has 1 fully saturated rings. The van der Waals surface area contributed by atoms with Crippen LogP contribution >= 0.6 is 0 Å². The van der Waals surface area contributed by atoms with E-state index in [0.29, 0.717) is 0 Å². The number of hydrogen-bond donors (Lipinski definition) is 0. The van der Waals surface area contributed by atoms with E-state index in [1.54, 1.807) is 0 Å². The number of nitrogens with zero attached hydrogens (tertiary/aromatic N) is 5. The third-order valence-electron chi connectivity index (χ3n) is 4.63. The lowest BCUT2D eigenvalue weighted by atomic mass is 10.2. The Balaban J connectivity index is 3.14. The second-order valence-corrected chi connectivity index (χ2v) is 5.77. The lowest BCUT2D eigenvalue weighted by Gasteiger charge is -2.58. The van der Waals surface area contributed by atoms with Gasteiger partial charge in [-0.25, -0.2) is 0 Å². The first kappa shape index (κ1) is 16.9. The lowest BCUT2D eigenvalue weighted by molar-refractivity contribution is -0.236. The van der Waals surface area contributed by atoms with Crippen LogP contribution in [0.15, 0.2) is 0 Å². The van der Waals surface area contributed by atoms with Gasteiger partial charge in [0.05, 0.1) is 0 Å². The van der Waals surface area contributed by atoms with Crippen LogP contribution in [0.1, 0.15) is 13.8 Å². The quantitative estimate of drug-likeness (QED) is 0.682. The van der Waals surface area contributed by atoms with Crippen LogP contribution in [0.4, 0.5) is 0 Å². The van der Waals surface area contributed by atoms with Crippen molar-refractivity contribution in [3.8, 4) is 0 Å². The Labute approximate surface area is 119 Å². The van der Waals surface area contributed by atoms with E-state index >= 15 is 0 Å². The molecule has 0 unspecified atom stereocenters. The van der Waals surface area contributed by atoms with Crippen LogP contribution in [-0.4, -0.2) is 105 Å². The van der Waals surface area contributed by atoms with Crippen LogP contribution in [0, 0.1) is 0 Å². The molecule has 0 atom stereocenters. The van der Waals surface area contributed by atoms with Crippen molar-refractivity contribution in [3.05, 3.63) is 0 Å². The highest BCUT2D eigenvalue weighted by Gasteiger charge is 2.45. The van der Waals surface area contributed by atoms with Crippen molar-refractivity contribution in [2.75, 3.05) is 74.5 Å². The smallest absolute Gasteiger partial charge is 0.190 e. The first-order valence-electron chi connectivity index (χ1n) is 7.44. The molecule has 0 aromatic heterocycles. The fraction of sp³-hybridized carbons (Fsp3) is 1.00. The van der Waals surface area contributed by atoms with Gasteiger partial charge in [-0.15, -0.1) is 0 Å². The van der Waals surface area contributed by atoms with Gasteiger partial charge in [-0.3, -0.25) is 19.6 Å². The van der Waals surface area contributed by atoms with E-state index in [2.05, 4.69) is 73.6 Å². The summed E-state index contributed by atoms with van der Waals surface area (Å²) in [5.74, 6) is -0.120. The maximum atomic E-state index is 2.48. The van der Waals surface area contributed by atoms with Crippen molar-refractivity contribution in [1.29, 1.82) is 0 Å². The summed E-state index contributed by atoms with van der Waals surface area (Å²) in [6.07, 6.45) is 0. The van der Waals surface area contributed by atoms with Gasteiger partial charge in [0.15, 0.2) is 5.91 Å². The van der Waals surface area contributed by atoms with E-state index in [1.807, 2.05) is 0 Å². The fourth-order valence-corrected chi connectivity index (χ4v) is 3.23. The van der Waals surface area contributed by atoms with Crippen LogP contribution in [0.25, 0.3) is 0 Å². The molecule has 0 amide bonds. The summed E-state index contributed by atoms with van der Waals surface area (Å²) in [6, 6.07) is 0. The fourth-order valence-electron chi connectivity index (χ4n) is 3.23. The van der Waals surface area contributed by atoms with E-state index in [4.69, 9.17) is 0 Å². The van der Waals surface area contributed by atoms with E-state index in [-0.39, 0.29) is 5.91 Å². The molecule has 114 valence electrons. The second kappa shape index (κ2) is 6.99. The molecule has 0 bridgehead atoms. The molecule has 0 aromatic rings. The van der Waals surface area contributed by atoms with Gasteiger partial charge in [-0.2, -0.15) is 0 Å². The molecule has 1 saturated heterocycles. The summed E-state index contributed by atoms with van der Waals surface area (Å²) in [5.41, 5.74) is 0. The summed E-state index contributed by atoms with van der Waals surface area (Å²) in [5, 5.41) is 0. The highest BCUT2D eigenvalue weighted by atomic mass is 15.7. The summed E-state index contributed by atoms with van der Waals surface area (Å²) in [7, 11) is 11.2. The van der Waals surface area contributed by atoms with Crippen molar-refractivity contribution >= 4 is 0 Å². The molecule has 1 rings (SSSR count). The largest absolute Gasteiger partial charge is 0.304 e. The zero-order chi connectivity index (χ0) is 14.6. The normalized spacial score (nSPS) is 23.8. The highest BCUT2D eigenvalue weighted by molar-refractivity contribution is 4.87. The molecule has 5 heteroatoms. The van der Waals surface area contributed by atoms with Gasteiger partial charge in [0.1, 0.15) is 0 Å². The molecule has 0 saturated carbocycles. The van der Waals surface area contributed by atoms with E-state index in [9.17, 15) is 0 Å². The first-order chi connectivity index (χ1) is 8.91. The van der Waals surface area contributed by atoms with Crippen molar-refractivity contribution in [1.82, 2.24) is 24.5 Å². The lowest BCUT2D eigenvalue weighted by Crippen LogP contribution is -2.76. The van der Waals surface area contributed by atoms with Gasteiger partial charge in [0.25, 0.3) is 0 Å². The van der Waals surface area contributed by atoms with Crippen molar-refractivity contribution in [2.24, 2.45) is 0 Å². The Morgan fingerprint density at radius 3 is 1.47 bits per heavy atom. The van der Waals surface area contributed by atoms with Gasteiger partial charge in [-0.05, 0) is 48.3 Å². The maximum Gasteiger partial charge on any atom is 0.190 e. The molecular weight excluding hydrogens is 238 g/mol. The molecule has 5 nitrogen and oxygen atoms in total. The molecule has 0 spiro atoms. The highest BCUT2D eigenvalue weighted by Crippen LogP contribution is 2.26. The first-order valence-corrected chi connectivity index (χ1v) is 7.44. The Morgan fingerprint density at radius 1 is 0.789 bits per heavy atom. The van der Waals surface area contributed by atoms with Gasteiger partial charge < -0.3 is 4.90 Å². The predicted molar refractivity (Wildman–Crippen MR) is 82.1 cm³/mol. The van der Waals surface area contributed by atoms with Crippen LogP contribution in [0.3, 0.4) is 0 Å². The molecule has 1 heterocycles.